The molecule has 0 saturated heterocycles. The molecule has 1 amide bonds. The van der Waals surface area contributed by atoms with Gasteiger partial charge in [0.15, 0.2) is 0 Å². The van der Waals surface area contributed by atoms with Gasteiger partial charge < -0.3 is 10.4 Å². The monoisotopic (exact) mass is 314 g/mol. The van der Waals surface area contributed by atoms with Crippen LogP contribution in [0.15, 0.2) is 22.9 Å². The molecule has 0 bridgehead atoms. The lowest BCUT2D eigenvalue weighted by atomic mass is 9.89. The molecule has 100 valence electrons. The summed E-state index contributed by atoms with van der Waals surface area (Å²) >= 11 is 3.22. The van der Waals surface area contributed by atoms with Crippen LogP contribution in [0.4, 0.5) is 0 Å². The zero-order valence-electron chi connectivity index (χ0n) is 10.9. The van der Waals surface area contributed by atoms with Gasteiger partial charge in [-0.25, -0.2) is 4.98 Å². The van der Waals surface area contributed by atoms with Crippen molar-refractivity contribution in [1.82, 2.24) is 10.3 Å². The predicted octanol–water partition coefficient (Wildman–Crippen LogP) is 2.37. The van der Waals surface area contributed by atoms with Gasteiger partial charge in [-0.3, -0.25) is 4.79 Å². The molecule has 1 atom stereocenters. The lowest BCUT2D eigenvalue weighted by Gasteiger charge is -2.22. The SMILES string of the molecule is CC(C)(C)CC(O)CNC(=O)c1cccnc1Br. The van der Waals surface area contributed by atoms with E-state index in [-0.39, 0.29) is 17.9 Å². The van der Waals surface area contributed by atoms with E-state index in [1.165, 1.54) is 0 Å². The molecule has 18 heavy (non-hydrogen) atoms. The van der Waals surface area contributed by atoms with Gasteiger partial charge in [-0.15, -0.1) is 0 Å². The number of hydrogen-bond acceptors (Lipinski definition) is 3. The van der Waals surface area contributed by atoms with E-state index in [0.717, 1.165) is 0 Å². The molecule has 2 N–H and O–H groups in total. The fourth-order valence-corrected chi connectivity index (χ4v) is 2.07. The molecule has 0 aliphatic carbocycles. The van der Waals surface area contributed by atoms with Crippen LogP contribution >= 0.6 is 15.9 Å². The van der Waals surface area contributed by atoms with Crippen molar-refractivity contribution in [3.8, 4) is 0 Å². The summed E-state index contributed by atoms with van der Waals surface area (Å²) in [5, 5.41) is 12.5. The molecule has 1 heterocycles. The average molecular weight is 315 g/mol. The van der Waals surface area contributed by atoms with Crippen LogP contribution in [0, 0.1) is 5.41 Å². The van der Waals surface area contributed by atoms with Crippen molar-refractivity contribution in [3.63, 3.8) is 0 Å². The lowest BCUT2D eigenvalue weighted by Crippen LogP contribution is -2.34. The van der Waals surface area contributed by atoms with E-state index in [1.54, 1.807) is 18.3 Å². The summed E-state index contributed by atoms with van der Waals surface area (Å²) in [6, 6.07) is 3.38. The Morgan fingerprint density at radius 3 is 2.78 bits per heavy atom. The Balaban J connectivity index is 2.50. The number of carbonyl (C=O) groups is 1. The summed E-state index contributed by atoms with van der Waals surface area (Å²) in [6.45, 7) is 6.40. The third-order valence-electron chi connectivity index (χ3n) is 2.35. The van der Waals surface area contributed by atoms with E-state index in [9.17, 15) is 9.90 Å². The Morgan fingerprint density at radius 2 is 2.22 bits per heavy atom. The van der Waals surface area contributed by atoms with Crippen molar-refractivity contribution in [1.29, 1.82) is 0 Å². The number of rotatable bonds is 4. The molecule has 0 aromatic carbocycles. The first-order valence-electron chi connectivity index (χ1n) is 5.86. The van der Waals surface area contributed by atoms with Gasteiger partial charge >= 0.3 is 0 Å². The normalized spacial score (nSPS) is 13.2. The van der Waals surface area contributed by atoms with Gasteiger partial charge in [0.1, 0.15) is 4.60 Å². The second kappa shape index (κ2) is 6.29. The number of aliphatic hydroxyl groups excluding tert-OH is 1. The maximum Gasteiger partial charge on any atom is 0.254 e. The second-order valence-electron chi connectivity index (χ2n) is 5.47. The molecule has 0 spiro atoms. The molecule has 0 fully saturated rings. The highest BCUT2D eigenvalue weighted by Gasteiger charge is 2.18. The Labute approximate surface area is 116 Å². The minimum atomic E-state index is -0.538. The largest absolute Gasteiger partial charge is 0.391 e. The summed E-state index contributed by atoms with van der Waals surface area (Å²) < 4.78 is 0.507. The maximum atomic E-state index is 11.8. The number of hydrogen-bond donors (Lipinski definition) is 2. The first kappa shape index (κ1) is 15.1. The van der Waals surface area contributed by atoms with Crippen molar-refractivity contribution < 1.29 is 9.90 Å². The van der Waals surface area contributed by atoms with Crippen LogP contribution in [-0.2, 0) is 0 Å². The number of aliphatic hydroxyl groups is 1. The number of nitrogens with one attached hydrogen (secondary N) is 1. The highest BCUT2D eigenvalue weighted by Crippen LogP contribution is 2.20. The van der Waals surface area contributed by atoms with Crippen LogP contribution in [0.3, 0.4) is 0 Å². The molecule has 1 aromatic heterocycles. The van der Waals surface area contributed by atoms with Gasteiger partial charge in [0, 0.05) is 12.7 Å². The van der Waals surface area contributed by atoms with Gasteiger partial charge in [-0.1, -0.05) is 20.8 Å². The van der Waals surface area contributed by atoms with Crippen molar-refractivity contribution in [2.24, 2.45) is 5.41 Å². The first-order chi connectivity index (χ1) is 8.29. The zero-order valence-corrected chi connectivity index (χ0v) is 12.5. The number of pyridine rings is 1. The van der Waals surface area contributed by atoms with Crippen LogP contribution in [0.2, 0.25) is 0 Å². The van der Waals surface area contributed by atoms with Crippen molar-refractivity contribution in [2.75, 3.05) is 6.54 Å². The maximum absolute atomic E-state index is 11.8. The standard InChI is InChI=1S/C13H19BrN2O2/c1-13(2,3)7-9(17)8-16-12(18)10-5-4-6-15-11(10)14/h4-6,9,17H,7-8H2,1-3H3,(H,16,18). The number of carbonyl (C=O) groups excluding carboxylic acids is 1. The zero-order chi connectivity index (χ0) is 13.8. The van der Waals surface area contributed by atoms with Crippen LogP contribution in [0.25, 0.3) is 0 Å². The summed E-state index contributed by atoms with van der Waals surface area (Å²) in [5.74, 6) is -0.233. The molecule has 0 aliphatic heterocycles. The highest BCUT2D eigenvalue weighted by atomic mass is 79.9. The van der Waals surface area contributed by atoms with Crippen LogP contribution < -0.4 is 5.32 Å². The summed E-state index contributed by atoms with van der Waals surface area (Å²) in [4.78, 5) is 15.8. The van der Waals surface area contributed by atoms with Gasteiger partial charge in [0.2, 0.25) is 0 Å². The van der Waals surface area contributed by atoms with E-state index in [0.29, 0.717) is 16.6 Å². The number of nitrogens with zero attached hydrogens (tertiary/aromatic N) is 1. The van der Waals surface area contributed by atoms with Gasteiger partial charge in [0.05, 0.1) is 11.7 Å². The summed E-state index contributed by atoms with van der Waals surface area (Å²) in [5.41, 5.74) is 0.513. The minimum absolute atomic E-state index is 0.0407. The third-order valence-corrected chi connectivity index (χ3v) is 2.98. The molecule has 0 aliphatic rings. The number of amides is 1. The van der Waals surface area contributed by atoms with E-state index >= 15 is 0 Å². The van der Waals surface area contributed by atoms with Crippen LogP contribution in [-0.4, -0.2) is 28.6 Å². The number of aromatic nitrogens is 1. The molecule has 1 unspecified atom stereocenters. The van der Waals surface area contributed by atoms with Crippen molar-refractivity contribution >= 4 is 21.8 Å². The molecule has 0 saturated carbocycles. The molecule has 0 radical (unpaired) electrons. The topological polar surface area (TPSA) is 62.2 Å². The molecular formula is C13H19BrN2O2. The Kier molecular flexibility index (Phi) is 5.28. The van der Waals surface area contributed by atoms with Crippen molar-refractivity contribution in [2.45, 2.75) is 33.3 Å². The van der Waals surface area contributed by atoms with E-state index < -0.39 is 6.10 Å². The summed E-state index contributed by atoms with van der Waals surface area (Å²) in [6.07, 6.45) is 1.71. The van der Waals surface area contributed by atoms with Crippen LogP contribution in [0.5, 0.6) is 0 Å². The highest BCUT2D eigenvalue weighted by molar-refractivity contribution is 9.10. The fourth-order valence-electron chi connectivity index (χ4n) is 1.64. The molecule has 5 heteroatoms. The molecular weight excluding hydrogens is 296 g/mol. The minimum Gasteiger partial charge on any atom is -0.391 e. The van der Waals surface area contributed by atoms with Crippen LogP contribution in [0.1, 0.15) is 37.6 Å². The number of halogens is 1. The smallest absolute Gasteiger partial charge is 0.254 e. The third kappa shape index (κ3) is 5.14. The predicted molar refractivity (Wildman–Crippen MR) is 74.3 cm³/mol. The van der Waals surface area contributed by atoms with E-state index in [2.05, 4.69) is 47.0 Å². The molecule has 4 nitrogen and oxygen atoms in total. The molecule has 1 rings (SSSR count). The van der Waals surface area contributed by atoms with E-state index in [1.807, 2.05) is 0 Å². The average Bonchev–Trinajstić information content (AvgIpc) is 2.24. The van der Waals surface area contributed by atoms with Gasteiger partial charge in [0.25, 0.3) is 5.91 Å². The Hall–Kier alpha value is -0.940. The lowest BCUT2D eigenvalue weighted by molar-refractivity contribution is 0.0867. The van der Waals surface area contributed by atoms with E-state index in [4.69, 9.17) is 0 Å². The van der Waals surface area contributed by atoms with Crippen molar-refractivity contribution in [3.05, 3.63) is 28.5 Å². The molecule has 1 aromatic rings. The fraction of sp³-hybridized carbons (Fsp3) is 0.538. The quantitative estimate of drug-likeness (QED) is 0.839. The van der Waals surface area contributed by atoms with Gasteiger partial charge in [-0.2, -0.15) is 0 Å². The van der Waals surface area contributed by atoms with Gasteiger partial charge in [-0.05, 0) is 39.9 Å². The second-order valence-corrected chi connectivity index (χ2v) is 6.22. The Bertz CT molecular complexity index is 416. The Morgan fingerprint density at radius 1 is 1.56 bits per heavy atom. The summed E-state index contributed by atoms with van der Waals surface area (Å²) in [7, 11) is 0. The first-order valence-corrected chi connectivity index (χ1v) is 6.66.